The van der Waals surface area contributed by atoms with Crippen LogP contribution in [0.2, 0.25) is 5.02 Å². The first-order valence-corrected chi connectivity index (χ1v) is 5.69. The Hall–Kier alpha value is -1.55. The van der Waals surface area contributed by atoms with Crippen LogP contribution in [0.1, 0.15) is 12.0 Å². The van der Waals surface area contributed by atoms with Crippen LogP contribution >= 0.6 is 11.6 Å². The molecular formula is C12H12ClNO3. The average molecular weight is 254 g/mol. The third kappa shape index (κ3) is 2.13. The highest BCUT2D eigenvalue weighted by molar-refractivity contribution is 6.30. The van der Waals surface area contributed by atoms with Crippen molar-refractivity contribution in [1.82, 2.24) is 0 Å². The minimum absolute atomic E-state index is 0.345. The van der Waals surface area contributed by atoms with E-state index >= 15 is 0 Å². The highest BCUT2D eigenvalue weighted by atomic mass is 35.5. The van der Waals surface area contributed by atoms with Crippen molar-refractivity contribution in [2.75, 3.05) is 11.4 Å². The number of carboxylic acids is 1. The number of halogens is 1. The summed E-state index contributed by atoms with van der Waals surface area (Å²) in [6.07, 6.45) is 0.357. The number of aryl methyl sites for hydroxylation is 1. The number of anilines is 1. The van der Waals surface area contributed by atoms with Crippen LogP contribution < -0.4 is 4.90 Å². The first-order chi connectivity index (χ1) is 8.00. The molecule has 5 heteroatoms. The Labute approximate surface area is 104 Å². The lowest BCUT2D eigenvalue weighted by molar-refractivity contribution is -0.144. The van der Waals surface area contributed by atoms with E-state index in [1.165, 1.54) is 4.90 Å². The molecule has 2 rings (SSSR count). The number of carbonyl (C=O) groups excluding carboxylic acids is 1. The third-order valence-electron chi connectivity index (χ3n) is 2.95. The summed E-state index contributed by atoms with van der Waals surface area (Å²) in [4.78, 5) is 24.3. The lowest BCUT2D eigenvalue weighted by atomic mass is 10.1. The molecule has 90 valence electrons. The van der Waals surface area contributed by atoms with Gasteiger partial charge in [0, 0.05) is 17.3 Å². The van der Waals surface area contributed by atoms with Crippen LogP contribution in [0, 0.1) is 12.8 Å². The molecule has 1 heterocycles. The van der Waals surface area contributed by atoms with Crippen LogP contribution in [0.4, 0.5) is 5.69 Å². The normalized spacial score (nSPS) is 19.8. The van der Waals surface area contributed by atoms with Crippen LogP contribution in [0.5, 0.6) is 0 Å². The molecule has 17 heavy (non-hydrogen) atoms. The van der Waals surface area contributed by atoms with Crippen molar-refractivity contribution in [1.29, 1.82) is 0 Å². The van der Waals surface area contributed by atoms with Crippen LogP contribution in [-0.2, 0) is 9.59 Å². The van der Waals surface area contributed by atoms with Gasteiger partial charge in [-0.2, -0.15) is 0 Å². The molecule has 1 N–H and O–H groups in total. The van der Waals surface area contributed by atoms with Gasteiger partial charge >= 0.3 is 5.97 Å². The Morgan fingerprint density at radius 2 is 2.24 bits per heavy atom. The molecule has 1 aliphatic rings. The second-order valence-corrected chi connectivity index (χ2v) is 4.54. The van der Waals surface area contributed by atoms with Crippen molar-refractivity contribution in [3.8, 4) is 0 Å². The van der Waals surface area contributed by atoms with Gasteiger partial charge in [0.05, 0.1) is 0 Å². The Bertz CT molecular complexity index is 487. The fraction of sp³-hybridized carbons (Fsp3) is 0.333. The van der Waals surface area contributed by atoms with Gasteiger partial charge in [-0.15, -0.1) is 0 Å². The Kier molecular flexibility index (Phi) is 3.07. The van der Waals surface area contributed by atoms with Gasteiger partial charge in [0.15, 0.2) is 0 Å². The summed E-state index contributed by atoms with van der Waals surface area (Å²) in [5.41, 5.74) is 1.61. The second kappa shape index (κ2) is 4.37. The average Bonchev–Trinajstić information content (AvgIpc) is 2.60. The quantitative estimate of drug-likeness (QED) is 0.821. The van der Waals surface area contributed by atoms with E-state index in [0.29, 0.717) is 18.0 Å². The van der Waals surface area contributed by atoms with E-state index in [1.807, 2.05) is 6.92 Å². The molecule has 1 unspecified atom stereocenters. The molecule has 4 nitrogen and oxygen atoms in total. The lowest BCUT2D eigenvalue weighted by Gasteiger charge is -2.18. The topological polar surface area (TPSA) is 57.6 Å². The molecule has 0 aromatic heterocycles. The number of benzene rings is 1. The largest absolute Gasteiger partial charge is 0.481 e. The van der Waals surface area contributed by atoms with Gasteiger partial charge in [-0.25, -0.2) is 0 Å². The van der Waals surface area contributed by atoms with Gasteiger partial charge in [-0.3, -0.25) is 9.59 Å². The van der Waals surface area contributed by atoms with E-state index < -0.39 is 11.9 Å². The van der Waals surface area contributed by atoms with Crippen molar-refractivity contribution in [2.45, 2.75) is 13.3 Å². The van der Waals surface area contributed by atoms with Gasteiger partial charge in [-0.05, 0) is 37.1 Å². The minimum Gasteiger partial charge on any atom is -0.481 e. The minimum atomic E-state index is -1.05. The highest BCUT2D eigenvalue weighted by Gasteiger charge is 2.37. The van der Waals surface area contributed by atoms with Crippen molar-refractivity contribution in [3.63, 3.8) is 0 Å². The first-order valence-electron chi connectivity index (χ1n) is 5.31. The van der Waals surface area contributed by atoms with E-state index in [1.54, 1.807) is 18.2 Å². The molecule has 0 aliphatic carbocycles. The number of carbonyl (C=O) groups is 2. The molecule has 1 saturated heterocycles. The van der Waals surface area contributed by atoms with Crippen molar-refractivity contribution >= 4 is 29.2 Å². The monoisotopic (exact) mass is 253 g/mol. The summed E-state index contributed by atoms with van der Waals surface area (Å²) in [6, 6.07) is 5.21. The van der Waals surface area contributed by atoms with Crippen molar-refractivity contribution in [2.24, 2.45) is 5.92 Å². The molecule has 1 fully saturated rings. The zero-order valence-corrected chi connectivity index (χ0v) is 10.1. The number of carboxylic acid groups (broad SMARTS) is 1. The zero-order valence-electron chi connectivity index (χ0n) is 9.31. The molecule has 0 spiro atoms. The summed E-state index contributed by atoms with van der Waals surface area (Å²) in [7, 11) is 0. The smallest absolute Gasteiger partial charge is 0.316 e. The maximum Gasteiger partial charge on any atom is 0.316 e. The van der Waals surface area contributed by atoms with Crippen LogP contribution in [0.25, 0.3) is 0 Å². The highest BCUT2D eigenvalue weighted by Crippen LogP contribution is 2.29. The fourth-order valence-corrected chi connectivity index (χ4v) is 2.30. The Morgan fingerprint density at radius 3 is 2.76 bits per heavy atom. The predicted octanol–water partition coefficient (Wildman–Crippen LogP) is 2.09. The molecule has 0 saturated carbocycles. The summed E-state index contributed by atoms with van der Waals surface area (Å²) in [5, 5.41) is 9.50. The van der Waals surface area contributed by atoms with E-state index in [-0.39, 0.29) is 5.91 Å². The second-order valence-electron chi connectivity index (χ2n) is 4.10. The molecular weight excluding hydrogens is 242 g/mol. The standard InChI is InChI=1S/C12H12ClNO3/c1-7-6-8(13)2-3-10(7)14-5-4-9(11(14)15)12(16)17/h2-3,6,9H,4-5H2,1H3,(H,16,17). The number of rotatable bonds is 2. The maximum atomic E-state index is 11.9. The molecule has 1 aliphatic heterocycles. The molecule has 1 aromatic carbocycles. The van der Waals surface area contributed by atoms with Crippen LogP contribution in [0.3, 0.4) is 0 Å². The zero-order chi connectivity index (χ0) is 12.6. The van der Waals surface area contributed by atoms with E-state index in [0.717, 1.165) is 11.3 Å². The Morgan fingerprint density at radius 1 is 1.53 bits per heavy atom. The summed E-state index contributed by atoms with van der Waals surface area (Å²) >= 11 is 5.84. The molecule has 0 radical (unpaired) electrons. The van der Waals surface area contributed by atoms with Gasteiger partial charge in [-0.1, -0.05) is 11.6 Å². The van der Waals surface area contributed by atoms with E-state index in [2.05, 4.69) is 0 Å². The third-order valence-corrected chi connectivity index (χ3v) is 3.19. The van der Waals surface area contributed by atoms with Crippen LogP contribution in [0.15, 0.2) is 18.2 Å². The van der Waals surface area contributed by atoms with E-state index in [9.17, 15) is 9.59 Å². The van der Waals surface area contributed by atoms with Gasteiger partial charge in [0.1, 0.15) is 5.92 Å². The number of aliphatic carboxylic acids is 1. The Balaban J connectivity index is 2.30. The number of nitrogens with zero attached hydrogens (tertiary/aromatic N) is 1. The molecule has 0 bridgehead atoms. The SMILES string of the molecule is Cc1cc(Cl)ccc1N1CCC(C(=O)O)C1=O. The van der Waals surface area contributed by atoms with Gasteiger partial charge in [0.2, 0.25) is 5.91 Å². The predicted molar refractivity (Wildman–Crippen MR) is 64.3 cm³/mol. The number of amides is 1. The maximum absolute atomic E-state index is 11.9. The number of hydrogen-bond acceptors (Lipinski definition) is 2. The van der Waals surface area contributed by atoms with Crippen LogP contribution in [-0.4, -0.2) is 23.5 Å². The van der Waals surface area contributed by atoms with Crippen molar-refractivity contribution < 1.29 is 14.7 Å². The molecule has 1 atom stereocenters. The molecule has 1 aromatic rings. The van der Waals surface area contributed by atoms with Gasteiger partial charge < -0.3 is 10.0 Å². The van der Waals surface area contributed by atoms with Gasteiger partial charge in [0.25, 0.3) is 0 Å². The number of hydrogen-bond donors (Lipinski definition) is 1. The summed E-state index contributed by atoms with van der Waals surface area (Å²) in [6.45, 7) is 2.29. The first kappa shape index (κ1) is 11.9. The molecule has 1 amide bonds. The summed E-state index contributed by atoms with van der Waals surface area (Å²) < 4.78 is 0. The fourth-order valence-electron chi connectivity index (χ4n) is 2.07. The lowest BCUT2D eigenvalue weighted by Crippen LogP contribution is -2.30. The summed E-state index contributed by atoms with van der Waals surface area (Å²) in [5.74, 6) is -2.31. The van der Waals surface area contributed by atoms with Crippen molar-refractivity contribution in [3.05, 3.63) is 28.8 Å². The van der Waals surface area contributed by atoms with E-state index in [4.69, 9.17) is 16.7 Å².